The second-order valence-corrected chi connectivity index (χ2v) is 5.11. The molecule has 0 spiro atoms. The van der Waals surface area contributed by atoms with Crippen LogP contribution >= 0.6 is 31.9 Å². The van der Waals surface area contributed by atoms with Crippen LogP contribution in [0.3, 0.4) is 0 Å². The fourth-order valence-corrected chi connectivity index (χ4v) is 2.05. The maximum atomic E-state index is 11.0. The van der Waals surface area contributed by atoms with Crippen LogP contribution in [0.4, 0.5) is 0 Å². The van der Waals surface area contributed by atoms with Crippen LogP contribution < -0.4 is 0 Å². The molecule has 0 N–H and O–H groups in total. The minimum atomic E-state index is -1.56. The quantitative estimate of drug-likeness (QED) is 0.448. The van der Waals surface area contributed by atoms with Gasteiger partial charge in [0.2, 0.25) is 0 Å². The van der Waals surface area contributed by atoms with Crippen molar-refractivity contribution in [1.82, 2.24) is 0 Å². The fraction of sp³-hybridized carbons (Fsp3) is 1.00. The summed E-state index contributed by atoms with van der Waals surface area (Å²) in [4.78, 5) is 0. The molecule has 0 atom stereocenters. The average molecular weight is 352 g/mol. The minimum Gasteiger partial charge on any atom is -0.268 e. The second-order valence-electron chi connectivity index (χ2n) is 2.64. The summed E-state index contributed by atoms with van der Waals surface area (Å²) < 4.78 is 20.9. The van der Waals surface area contributed by atoms with Crippen LogP contribution in [0.25, 0.3) is 0 Å². The summed E-state index contributed by atoms with van der Waals surface area (Å²) in [7, 11) is 0. The molecule has 14 heavy (non-hydrogen) atoms. The summed E-state index contributed by atoms with van der Waals surface area (Å²) in [6.07, 6.45) is 3.87. The Labute approximate surface area is 105 Å². The summed E-state index contributed by atoms with van der Waals surface area (Å²) in [6, 6.07) is 0. The van der Waals surface area contributed by atoms with Gasteiger partial charge >= 0.3 is 11.4 Å². The van der Waals surface area contributed by atoms with Gasteiger partial charge in [0, 0.05) is 10.7 Å². The van der Waals surface area contributed by atoms with Crippen molar-refractivity contribution in [2.45, 2.75) is 25.7 Å². The standard InChI is InChI=1S/C8H16Br2O3S/c9-5-1-3-7-12-14(11)13-8-4-2-6-10/h1-8H2. The molecule has 0 radical (unpaired) electrons. The Morgan fingerprint density at radius 3 is 1.64 bits per heavy atom. The molecule has 0 aliphatic carbocycles. The van der Waals surface area contributed by atoms with Gasteiger partial charge in [0.05, 0.1) is 13.2 Å². The Hall–Kier alpha value is 1.03. The number of hydrogen-bond acceptors (Lipinski definition) is 3. The summed E-state index contributed by atoms with van der Waals surface area (Å²) in [5.74, 6) is 0. The van der Waals surface area contributed by atoms with Gasteiger partial charge < -0.3 is 0 Å². The van der Waals surface area contributed by atoms with E-state index in [1.54, 1.807) is 0 Å². The zero-order valence-electron chi connectivity index (χ0n) is 8.05. The van der Waals surface area contributed by atoms with E-state index in [4.69, 9.17) is 8.37 Å². The summed E-state index contributed by atoms with van der Waals surface area (Å²) in [5, 5.41) is 1.91. The van der Waals surface area contributed by atoms with Crippen LogP contribution in [0.5, 0.6) is 0 Å². The first-order valence-electron chi connectivity index (χ1n) is 4.61. The van der Waals surface area contributed by atoms with Crippen molar-refractivity contribution >= 4 is 43.2 Å². The lowest BCUT2D eigenvalue weighted by atomic mass is 10.4. The molecule has 0 heterocycles. The molecule has 0 amide bonds. The van der Waals surface area contributed by atoms with Gasteiger partial charge in [-0.1, -0.05) is 31.9 Å². The van der Waals surface area contributed by atoms with Crippen LogP contribution in [0.15, 0.2) is 0 Å². The highest BCUT2D eigenvalue weighted by Gasteiger charge is 1.99. The molecule has 0 saturated heterocycles. The third kappa shape index (κ3) is 11.1. The van der Waals surface area contributed by atoms with Crippen LogP contribution in [-0.2, 0) is 19.7 Å². The molecule has 0 aliphatic rings. The Morgan fingerprint density at radius 1 is 0.857 bits per heavy atom. The van der Waals surface area contributed by atoms with Gasteiger partial charge in [-0.05, 0) is 25.7 Å². The fourth-order valence-electron chi connectivity index (χ4n) is 0.681. The van der Waals surface area contributed by atoms with E-state index in [2.05, 4.69) is 31.9 Å². The molecule has 0 bridgehead atoms. The van der Waals surface area contributed by atoms with Gasteiger partial charge in [0.25, 0.3) is 0 Å². The molecule has 0 aromatic heterocycles. The van der Waals surface area contributed by atoms with Crippen LogP contribution in [0.2, 0.25) is 0 Å². The van der Waals surface area contributed by atoms with Gasteiger partial charge in [0.15, 0.2) is 0 Å². The van der Waals surface area contributed by atoms with E-state index >= 15 is 0 Å². The SMILES string of the molecule is O=S(OCCCCBr)OCCCCBr. The van der Waals surface area contributed by atoms with Gasteiger partial charge in [0.1, 0.15) is 0 Å². The number of unbranched alkanes of at least 4 members (excludes halogenated alkanes) is 2. The smallest absolute Gasteiger partial charge is 0.268 e. The average Bonchev–Trinajstić information content (AvgIpc) is 2.19. The van der Waals surface area contributed by atoms with Crippen LogP contribution in [0, 0.1) is 0 Å². The molecule has 0 saturated carbocycles. The topological polar surface area (TPSA) is 35.5 Å². The van der Waals surface area contributed by atoms with Crippen molar-refractivity contribution in [1.29, 1.82) is 0 Å². The molecular formula is C8H16Br2O3S. The van der Waals surface area contributed by atoms with E-state index in [1.165, 1.54) is 0 Å². The van der Waals surface area contributed by atoms with Crippen molar-refractivity contribution in [2.24, 2.45) is 0 Å². The number of rotatable bonds is 10. The Kier molecular flexibility index (Phi) is 13.0. The van der Waals surface area contributed by atoms with Crippen molar-refractivity contribution in [3.63, 3.8) is 0 Å². The lowest BCUT2D eigenvalue weighted by Gasteiger charge is -2.02. The summed E-state index contributed by atoms with van der Waals surface area (Å²) >= 11 is 5.06. The van der Waals surface area contributed by atoms with Crippen LogP contribution in [-0.4, -0.2) is 28.1 Å². The van der Waals surface area contributed by atoms with Gasteiger partial charge in [-0.3, -0.25) is 8.37 Å². The lowest BCUT2D eigenvalue weighted by molar-refractivity contribution is 0.244. The van der Waals surface area contributed by atoms with Crippen LogP contribution in [0.1, 0.15) is 25.7 Å². The number of alkyl halides is 2. The Morgan fingerprint density at radius 2 is 1.29 bits per heavy atom. The minimum absolute atomic E-state index is 0.497. The molecular weight excluding hydrogens is 336 g/mol. The van der Waals surface area contributed by atoms with E-state index < -0.39 is 11.4 Å². The van der Waals surface area contributed by atoms with Gasteiger partial charge in [-0.2, -0.15) is 4.21 Å². The Balaban J connectivity index is 3.11. The third-order valence-electron chi connectivity index (χ3n) is 1.42. The predicted octanol–water partition coefficient (Wildman–Crippen LogP) is 2.95. The first-order chi connectivity index (χ1) is 6.81. The zero-order chi connectivity index (χ0) is 10.6. The van der Waals surface area contributed by atoms with E-state index in [1.807, 2.05) is 0 Å². The van der Waals surface area contributed by atoms with E-state index in [9.17, 15) is 4.21 Å². The third-order valence-corrected chi connectivity index (χ3v) is 3.25. The Bertz CT molecular complexity index is 133. The molecule has 0 fully saturated rings. The van der Waals surface area contributed by atoms with Crippen molar-refractivity contribution in [3.05, 3.63) is 0 Å². The molecule has 0 rings (SSSR count). The normalized spacial score (nSPS) is 11.1. The maximum Gasteiger partial charge on any atom is 0.304 e. The highest BCUT2D eigenvalue weighted by atomic mass is 79.9. The number of hydrogen-bond donors (Lipinski definition) is 0. The van der Waals surface area contributed by atoms with Gasteiger partial charge in [-0.25, -0.2) is 0 Å². The van der Waals surface area contributed by atoms with E-state index in [-0.39, 0.29) is 0 Å². The summed E-state index contributed by atoms with van der Waals surface area (Å²) in [5.41, 5.74) is 0. The van der Waals surface area contributed by atoms with Gasteiger partial charge in [-0.15, -0.1) is 0 Å². The maximum absolute atomic E-state index is 11.0. The monoisotopic (exact) mass is 350 g/mol. The predicted molar refractivity (Wildman–Crippen MR) is 66.1 cm³/mol. The molecule has 3 nitrogen and oxygen atoms in total. The molecule has 86 valence electrons. The molecule has 0 unspecified atom stereocenters. The second kappa shape index (κ2) is 12.1. The highest BCUT2D eigenvalue weighted by Crippen LogP contribution is 1.99. The van der Waals surface area contributed by atoms with E-state index in [0.29, 0.717) is 13.2 Å². The van der Waals surface area contributed by atoms with Crippen molar-refractivity contribution in [3.8, 4) is 0 Å². The lowest BCUT2D eigenvalue weighted by Crippen LogP contribution is -2.05. The first kappa shape index (κ1) is 15.0. The number of halogens is 2. The zero-order valence-corrected chi connectivity index (χ0v) is 12.0. The largest absolute Gasteiger partial charge is 0.304 e. The molecule has 0 aromatic rings. The highest BCUT2D eigenvalue weighted by molar-refractivity contribution is 9.09. The molecule has 6 heteroatoms. The van der Waals surface area contributed by atoms with Crippen molar-refractivity contribution in [2.75, 3.05) is 23.9 Å². The molecule has 0 aliphatic heterocycles. The van der Waals surface area contributed by atoms with E-state index in [0.717, 1.165) is 36.3 Å². The summed E-state index contributed by atoms with van der Waals surface area (Å²) in [6.45, 7) is 0.993. The molecule has 0 aromatic carbocycles. The first-order valence-corrected chi connectivity index (χ1v) is 7.85. The van der Waals surface area contributed by atoms with Crippen molar-refractivity contribution < 1.29 is 12.6 Å².